The molecule has 0 saturated heterocycles. The maximum atomic E-state index is 12.8. The third kappa shape index (κ3) is 4.82. The van der Waals surface area contributed by atoms with Crippen LogP contribution in [0.2, 0.25) is 10.0 Å². The summed E-state index contributed by atoms with van der Waals surface area (Å²) in [6.45, 7) is 1.78. The predicted molar refractivity (Wildman–Crippen MR) is 113 cm³/mol. The molecular weight excluding hydrogens is 431 g/mol. The van der Waals surface area contributed by atoms with Crippen LogP contribution in [0, 0.1) is 6.92 Å². The zero-order valence-corrected chi connectivity index (χ0v) is 17.4. The molecule has 7 nitrogen and oxygen atoms in total. The van der Waals surface area contributed by atoms with Gasteiger partial charge in [0.1, 0.15) is 22.9 Å². The van der Waals surface area contributed by atoms with E-state index in [0.717, 1.165) is 0 Å². The van der Waals surface area contributed by atoms with E-state index in [-0.39, 0.29) is 17.0 Å². The lowest BCUT2D eigenvalue weighted by atomic mass is 10.1. The lowest BCUT2D eigenvalue weighted by Gasteiger charge is -2.15. The topological polar surface area (TPSA) is 97.8 Å². The summed E-state index contributed by atoms with van der Waals surface area (Å²) in [7, 11) is 1.52. The number of aromatic nitrogens is 1. The second-order valence-corrected chi connectivity index (χ2v) is 7.00. The second kappa shape index (κ2) is 9.02. The van der Waals surface area contributed by atoms with Gasteiger partial charge in [-0.1, -0.05) is 23.2 Å². The van der Waals surface area contributed by atoms with Crippen LogP contribution in [0.1, 0.15) is 26.4 Å². The van der Waals surface area contributed by atoms with Gasteiger partial charge >= 0.3 is 5.97 Å². The second-order valence-electron chi connectivity index (χ2n) is 6.19. The molecule has 154 valence electrons. The van der Waals surface area contributed by atoms with E-state index in [1.807, 2.05) is 0 Å². The summed E-state index contributed by atoms with van der Waals surface area (Å²) in [5.41, 5.74) is 1.06. The van der Waals surface area contributed by atoms with Crippen LogP contribution in [0.5, 0.6) is 17.2 Å². The van der Waals surface area contributed by atoms with E-state index < -0.39 is 11.9 Å². The van der Waals surface area contributed by atoms with Crippen LogP contribution in [0.15, 0.2) is 48.7 Å². The Morgan fingerprint density at radius 3 is 2.40 bits per heavy atom. The number of carbonyl (C=O) groups is 2. The average molecular weight is 447 g/mol. The number of nitrogens with zero attached hydrogens (tertiary/aromatic N) is 1. The molecule has 0 aliphatic rings. The number of rotatable bonds is 6. The third-order valence-electron chi connectivity index (χ3n) is 4.10. The van der Waals surface area contributed by atoms with Crippen LogP contribution in [-0.4, -0.2) is 29.1 Å². The molecule has 9 heteroatoms. The van der Waals surface area contributed by atoms with Gasteiger partial charge in [0.25, 0.3) is 5.91 Å². The van der Waals surface area contributed by atoms with Gasteiger partial charge in [-0.3, -0.25) is 4.79 Å². The van der Waals surface area contributed by atoms with Crippen LogP contribution in [-0.2, 0) is 0 Å². The number of carboxylic acids is 1. The van der Waals surface area contributed by atoms with Gasteiger partial charge in [0.15, 0.2) is 0 Å². The molecule has 1 aromatic heterocycles. The molecule has 0 fully saturated rings. The minimum atomic E-state index is -1.16. The zero-order chi connectivity index (χ0) is 21.8. The van der Waals surface area contributed by atoms with Crippen molar-refractivity contribution in [2.75, 3.05) is 12.4 Å². The highest BCUT2D eigenvalue weighted by atomic mass is 35.5. The zero-order valence-electron chi connectivity index (χ0n) is 15.9. The molecule has 2 N–H and O–H groups in total. The van der Waals surface area contributed by atoms with Crippen molar-refractivity contribution in [2.24, 2.45) is 0 Å². The van der Waals surface area contributed by atoms with Crippen LogP contribution in [0.3, 0.4) is 0 Å². The van der Waals surface area contributed by atoms with Crippen LogP contribution < -0.4 is 14.8 Å². The number of amides is 1. The maximum absolute atomic E-state index is 12.8. The lowest BCUT2D eigenvalue weighted by molar-refractivity contribution is 0.0690. The number of hydrogen-bond acceptors (Lipinski definition) is 5. The molecule has 0 aliphatic heterocycles. The highest BCUT2D eigenvalue weighted by Gasteiger charge is 2.18. The van der Waals surface area contributed by atoms with Gasteiger partial charge in [0.05, 0.1) is 29.6 Å². The molecule has 3 rings (SSSR count). The highest BCUT2D eigenvalue weighted by molar-refractivity contribution is 6.32. The van der Waals surface area contributed by atoms with E-state index >= 15 is 0 Å². The SMILES string of the molecule is COc1ccc(Oc2cc(C)c(Cl)cc2C(=O)Nc2ccc(C(=O)O)nc2)c(Cl)c1. The molecule has 0 radical (unpaired) electrons. The average Bonchev–Trinajstić information content (AvgIpc) is 2.72. The molecule has 0 unspecified atom stereocenters. The predicted octanol–water partition coefficient (Wildman–Crippen LogP) is 5.45. The minimum Gasteiger partial charge on any atom is -0.497 e. The van der Waals surface area contributed by atoms with E-state index in [9.17, 15) is 9.59 Å². The van der Waals surface area contributed by atoms with E-state index in [0.29, 0.717) is 32.8 Å². The molecule has 30 heavy (non-hydrogen) atoms. The number of carbonyl (C=O) groups excluding carboxylic acids is 1. The highest BCUT2D eigenvalue weighted by Crippen LogP contribution is 2.36. The number of hydrogen-bond donors (Lipinski definition) is 2. The summed E-state index contributed by atoms with van der Waals surface area (Å²) in [6.07, 6.45) is 1.25. The number of methoxy groups -OCH3 is 1. The number of carboxylic acid groups (broad SMARTS) is 1. The fourth-order valence-electron chi connectivity index (χ4n) is 2.52. The Bertz CT molecular complexity index is 1120. The summed E-state index contributed by atoms with van der Waals surface area (Å²) in [5.74, 6) is -0.529. The number of nitrogens with one attached hydrogen (secondary N) is 1. The molecule has 1 heterocycles. The number of benzene rings is 2. The van der Waals surface area contributed by atoms with Crippen molar-refractivity contribution in [3.8, 4) is 17.2 Å². The van der Waals surface area contributed by atoms with E-state index in [1.54, 1.807) is 31.2 Å². The van der Waals surface area contributed by atoms with Gasteiger partial charge in [-0.2, -0.15) is 0 Å². The van der Waals surface area contributed by atoms with Gasteiger partial charge in [-0.05, 0) is 48.9 Å². The quantitative estimate of drug-likeness (QED) is 0.522. The largest absolute Gasteiger partial charge is 0.497 e. The Morgan fingerprint density at radius 2 is 1.80 bits per heavy atom. The van der Waals surface area contributed by atoms with Crippen molar-refractivity contribution in [2.45, 2.75) is 6.92 Å². The number of ether oxygens (including phenoxy) is 2. The molecule has 1 amide bonds. The van der Waals surface area contributed by atoms with Crippen molar-refractivity contribution in [3.63, 3.8) is 0 Å². The van der Waals surface area contributed by atoms with Gasteiger partial charge in [-0.25, -0.2) is 9.78 Å². The van der Waals surface area contributed by atoms with Gasteiger partial charge in [0.2, 0.25) is 0 Å². The molecule has 0 spiro atoms. The molecule has 0 aliphatic carbocycles. The smallest absolute Gasteiger partial charge is 0.354 e. The first-order chi connectivity index (χ1) is 14.3. The Morgan fingerprint density at radius 1 is 1.03 bits per heavy atom. The fraction of sp³-hybridized carbons (Fsp3) is 0.0952. The Hall–Kier alpha value is -3.29. The first-order valence-electron chi connectivity index (χ1n) is 8.60. The van der Waals surface area contributed by atoms with Crippen LogP contribution in [0.4, 0.5) is 5.69 Å². The molecule has 0 atom stereocenters. The first kappa shape index (κ1) is 21.4. The summed E-state index contributed by atoms with van der Waals surface area (Å²) in [5, 5.41) is 12.3. The summed E-state index contributed by atoms with van der Waals surface area (Å²) >= 11 is 12.4. The molecule has 0 saturated carbocycles. The van der Waals surface area contributed by atoms with Crippen LogP contribution in [0.25, 0.3) is 0 Å². The number of halogens is 2. The first-order valence-corrected chi connectivity index (χ1v) is 9.36. The minimum absolute atomic E-state index is 0.135. The number of anilines is 1. The van der Waals surface area contributed by atoms with E-state index in [2.05, 4.69) is 10.3 Å². The molecule has 3 aromatic rings. The summed E-state index contributed by atoms with van der Waals surface area (Å²) in [6, 6.07) is 10.7. The van der Waals surface area contributed by atoms with Gasteiger partial charge < -0.3 is 19.9 Å². The molecule has 2 aromatic carbocycles. The summed E-state index contributed by atoms with van der Waals surface area (Å²) in [4.78, 5) is 27.5. The van der Waals surface area contributed by atoms with Crippen LogP contribution >= 0.6 is 23.2 Å². The standard InChI is InChI=1S/C21H16Cl2N2O5/c1-11-7-19(30-18-6-4-13(29-2)8-16(18)23)14(9-15(11)22)20(26)25-12-3-5-17(21(27)28)24-10-12/h3-10H,1-2H3,(H,25,26)(H,27,28). The maximum Gasteiger partial charge on any atom is 0.354 e. The Labute approximate surface area is 182 Å². The Kier molecular flexibility index (Phi) is 6.44. The van der Waals surface area contributed by atoms with E-state index in [1.165, 1.54) is 31.5 Å². The van der Waals surface area contributed by atoms with Crippen molar-refractivity contribution in [3.05, 3.63) is 75.5 Å². The number of aryl methyl sites for hydroxylation is 1. The lowest BCUT2D eigenvalue weighted by Crippen LogP contribution is -2.14. The fourth-order valence-corrected chi connectivity index (χ4v) is 2.89. The van der Waals surface area contributed by atoms with Crippen molar-refractivity contribution >= 4 is 40.8 Å². The Balaban J connectivity index is 1.91. The number of pyridine rings is 1. The van der Waals surface area contributed by atoms with E-state index in [4.69, 9.17) is 37.8 Å². The van der Waals surface area contributed by atoms with Gasteiger partial charge in [-0.15, -0.1) is 0 Å². The summed E-state index contributed by atoms with van der Waals surface area (Å²) < 4.78 is 11.0. The number of aromatic carboxylic acids is 1. The van der Waals surface area contributed by atoms with Gasteiger partial charge in [0, 0.05) is 11.1 Å². The van der Waals surface area contributed by atoms with Crippen molar-refractivity contribution in [1.82, 2.24) is 4.98 Å². The molecule has 0 bridgehead atoms. The monoisotopic (exact) mass is 446 g/mol. The normalized spacial score (nSPS) is 10.4. The molecular formula is C21H16Cl2N2O5. The van der Waals surface area contributed by atoms with Crippen molar-refractivity contribution < 1.29 is 24.2 Å². The van der Waals surface area contributed by atoms with Crippen molar-refractivity contribution in [1.29, 1.82) is 0 Å². The third-order valence-corrected chi connectivity index (χ3v) is 4.81.